The Bertz CT molecular complexity index is 314. The standard InChI is InChI=1S/C9H12O6/c1-9(2)14-6-5-4(13-8(6)15-9)3(10)7(11)12-5/h3-6,8,10H,1-2H3/t3-,4-,5+,6-,8-/m1/s1/i7+1. The zero-order chi connectivity index (χ0) is 10.8. The SMILES string of the molecule is CC1(C)O[C@H]2O[C@H]3[C@H](O[13C](=O)[C@@H]3O)[C@H]2O1. The van der Waals surface area contributed by atoms with Crippen LogP contribution in [0.2, 0.25) is 0 Å². The molecule has 3 heterocycles. The summed E-state index contributed by atoms with van der Waals surface area (Å²) < 4.78 is 21.4. The van der Waals surface area contributed by atoms with Crippen molar-refractivity contribution in [3.8, 4) is 0 Å². The van der Waals surface area contributed by atoms with Crippen molar-refractivity contribution in [2.24, 2.45) is 0 Å². The summed E-state index contributed by atoms with van der Waals surface area (Å²) in [5.74, 6) is -1.39. The van der Waals surface area contributed by atoms with Gasteiger partial charge in [0.2, 0.25) is 0 Å². The fourth-order valence-electron chi connectivity index (χ4n) is 2.23. The molecule has 0 spiro atoms. The van der Waals surface area contributed by atoms with Crippen molar-refractivity contribution in [3.05, 3.63) is 0 Å². The van der Waals surface area contributed by atoms with E-state index in [0.29, 0.717) is 0 Å². The van der Waals surface area contributed by atoms with E-state index in [-0.39, 0.29) is 0 Å². The molecule has 3 aliphatic heterocycles. The van der Waals surface area contributed by atoms with Crippen molar-refractivity contribution in [1.29, 1.82) is 0 Å². The third kappa shape index (κ3) is 1.22. The summed E-state index contributed by atoms with van der Waals surface area (Å²) in [7, 11) is 0. The molecule has 0 aromatic carbocycles. The molecule has 15 heavy (non-hydrogen) atoms. The molecule has 6 nitrogen and oxygen atoms in total. The smallest absolute Gasteiger partial charge is 0.338 e. The third-order valence-corrected chi connectivity index (χ3v) is 2.83. The summed E-state index contributed by atoms with van der Waals surface area (Å²) in [5, 5.41) is 9.44. The van der Waals surface area contributed by atoms with Gasteiger partial charge in [0.25, 0.3) is 0 Å². The van der Waals surface area contributed by atoms with Crippen molar-refractivity contribution in [2.45, 2.75) is 50.3 Å². The molecule has 0 aromatic rings. The summed E-state index contributed by atoms with van der Waals surface area (Å²) in [6, 6.07) is 0. The topological polar surface area (TPSA) is 74.2 Å². The lowest BCUT2D eigenvalue weighted by molar-refractivity contribution is -0.214. The van der Waals surface area contributed by atoms with Crippen molar-refractivity contribution >= 4 is 5.97 Å². The van der Waals surface area contributed by atoms with E-state index in [1.54, 1.807) is 13.8 Å². The van der Waals surface area contributed by atoms with Crippen molar-refractivity contribution < 1.29 is 28.8 Å². The molecule has 3 rings (SSSR count). The summed E-state index contributed by atoms with van der Waals surface area (Å²) in [4.78, 5) is 11.1. The molecule has 84 valence electrons. The molecule has 0 amide bonds. The van der Waals surface area contributed by atoms with E-state index in [1.807, 2.05) is 0 Å². The molecule has 5 atom stereocenters. The first kappa shape index (κ1) is 9.53. The van der Waals surface area contributed by atoms with Crippen LogP contribution in [0.5, 0.6) is 0 Å². The Morgan fingerprint density at radius 1 is 1.20 bits per heavy atom. The van der Waals surface area contributed by atoms with E-state index in [4.69, 9.17) is 18.9 Å². The minimum Gasteiger partial charge on any atom is -0.454 e. The van der Waals surface area contributed by atoms with Crippen molar-refractivity contribution in [3.63, 3.8) is 0 Å². The summed E-state index contributed by atoms with van der Waals surface area (Å²) >= 11 is 0. The highest BCUT2D eigenvalue weighted by Gasteiger charge is 2.62. The zero-order valence-corrected chi connectivity index (χ0v) is 8.38. The van der Waals surface area contributed by atoms with Crippen LogP contribution in [-0.4, -0.2) is 47.6 Å². The molecule has 3 aliphatic rings. The van der Waals surface area contributed by atoms with Gasteiger partial charge in [-0.1, -0.05) is 0 Å². The molecule has 0 aromatic heterocycles. The first-order valence-corrected chi connectivity index (χ1v) is 4.88. The van der Waals surface area contributed by atoms with Gasteiger partial charge >= 0.3 is 5.97 Å². The van der Waals surface area contributed by atoms with Gasteiger partial charge in [-0.25, -0.2) is 4.79 Å². The van der Waals surface area contributed by atoms with Crippen LogP contribution in [0.1, 0.15) is 13.8 Å². The second kappa shape index (κ2) is 2.70. The fourth-order valence-corrected chi connectivity index (χ4v) is 2.23. The van der Waals surface area contributed by atoms with Crippen LogP contribution in [0.25, 0.3) is 0 Å². The van der Waals surface area contributed by atoms with E-state index in [0.717, 1.165) is 0 Å². The fraction of sp³-hybridized carbons (Fsp3) is 0.889. The van der Waals surface area contributed by atoms with E-state index in [2.05, 4.69) is 0 Å². The second-order valence-corrected chi connectivity index (χ2v) is 4.42. The van der Waals surface area contributed by atoms with Gasteiger partial charge in [0, 0.05) is 0 Å². The second-order valence-electron chi connectivity index (χ2n) is 4.42. The average Bonchev–Trinajstić information content (AvgIpc) is 2.66. The van der Waals surface area contributed by atoms with Gasteiger partial charge in [-0.05, 0) is 13.8 Å². The van der Waals surface area contributed by atoms with Gasteiger partial charge < -0.3 is 24.1 Å². The Labute approximate surface area is 86.1 Å². The monoisotopic (exact) mass is 217 g/mol. The van der Waals surface area contributed by atoms with Crippen LogP contribution in [0, 0.1) is 0 Å². The van der Waals surface area contributed by atoms with E-state index >= 15 is 0 Å². The number of esters is 1. The molecule has 3 saturated heterocycles. The maximum absolute atomic E-state index is 11.1. The molecule has 0 aliphatic carbocycles. The lowest BCUT2D eigenvalue weighted by Crippen LogP contribution is -2.35. The third-order valence-electron chi connectivity index (χ3n) is 2.83. The predicted octanol–water partition coefficient (Wildman–Crippen LogP) is -0.851. The molecule has 1 N–H and O–H groups in total. The van der Waals surface area contributed by atoms with Crippen LogP contribution in [0.3, 0.4) is 0 Å². The lowest BCUT2D eigenvalue weighted by Gasteiger charge is -2.20. The number of hydrogen-bond donors (Lipinski definition) is 1. The number of fused-ring (bicyclic) bond motifs is 3. The number of hydrogen-bond acceptors (Lipinski definition) is 6. The number of carbonyl (C=O) groups is 1. The highest BCUT2D eigenvalue weighted by atomic mass is 16.9. The maximum Gasteiger partial charge on any atom is 0.338 e. The van der Waals surface area contributed by atoms with E-state index < -0.39 is 42.5 Å². The van der Waals surface area contributed by atoms with Gasteiger partial charge in [-0.2, -0.15) is 0 Å². The van der Waals surface area contributed by atoms with E-state index in [1.165, 1.54) is 0 Å². The Morgan fingerprint density at radius 3 is 2.67 bits per heavy atom. The zero-order valence-electron chi connectivity index (χ0n) is 8.38. The largest absolute Gasteiger partial charge is 0.454 e. The molecule has 3 fully saturated rings. The molecule has 0 saturated carbocycles. The highest BCUT2D eigenvalue weighted by Crippen LogP contribution is 2.42. The van der Waals surface area contributed by atoms with Crippen LogP contribution in [0.15, 0.2) is 0 Å². The summed E-state index contributed by atoms with van der Waals surface area (Å²) in [6.45, 7) is 3.52. The minimum atomic E-state index is -1.23. The maximum atomic E-state index is 11.1. The number of rotatable bonds is 0. The molecule has 0 radical (unpaired) electrons. The van der Waals surface area contributed by atoms with Crippen LogP contribution >= 0.6 is 0 Å². The Morgan fingerprint density at radius 2 is 1.93 bits per heavy atom. The molecular weight excluding hydrogens is 205 g/mol. The van der Waals surface area contributed by atoms with Crippen LogP contribution < -0.4 is 0 Å². The summed E-state index contributed by atoms with van der Waals surface area (Å²) in [5.41, 5.74) is 0. The lowest BCUT2D eigenvalue weighted by atomic mass is 10.1. The predicted molar refractivity (Wildman–Crippen MR) is 44.6 cm³/mol. The number of carbonyl (C=O) groups excluding carboxylic acids is 1. The Balaban J connectivity index is 1.83. The van der Waals surface area contributed by atoms with Crippen molar-refractivity contribution in [2.75, 3.05) is 0 Å². The van der Waals surface area contributed by atoms with Gasteiger partial charge in [0.05, 0.1) is 0 Å². The quantitative estimate of drug-likeness (QED) is 0.421. The molecule has 0 bridgehead atoms. The molecule has 6 heteroatoms. The Hall–Kier alpha value is -0.690. The molecule has 0 unspecified atom stereocenters. The van der Waals surface area contributed by atoms with Crippen LogP contribution in [-0.2, 0) is 23.7 Å². The van der Waals surface area contributed by atoms with Gasteiger partial charge in [0.15, 0.2) is 30.4 Å². The summed E-state index contributed by atoms with van der Waals surface area (Å²) in [6.07, 6.45) is -3.44. The van der Waals surface area contributed by atoms with E-state index in [9.17, 15) is 9.90 Å². The van der Waals surface area contributed by atoms with Gasteiger partial charge in [0.1, 0.15) is 6.10 Å². The van der Waals surface area contributed by atoms with Crippen molar-refractivity contribution in [1.82, 2.24) is 0 Å². The number of ether oxygens (including phenoxy) is 4. The molecular formula is C9H12O6. The first-order chi connectivity index (χ1) is 6.98. The normalized spacial score (nSPS) is 51.4. The average molecular weight is 217 g/mol. The highest BCUT2D eigenvalue weighted by molar-refractivity contribution is 5.78. The minimum absolute atomic E-state index is 0.439. The van der Waals surface area contributed by atoms with Gasteiger partial charge in [-0.15, -0.1) is 0 Å². The van der Waals surface area contributed by atoms with Gasteiger partial charge in [-0.3, -0.25) is 0 Å². The van der Waals surface area contributed by atoms with Crippen LogP contribution in [0.4, 0.5) is 0 Å². The number of aliphatic hydroxyl groups excluding tert-OH is 1. The number of aliphatic hydroxyl groups is 1. The Kier molecular flexibility index (Phi) is 1.72. The first-order valence-electron chi connectivity index (χ1n) is 4.88.